The van der Waals surface area contributed by atoms with Gasteiger partial charge in [0.05, 0.1) is 4.90 Å². The maximum absolute atomic E-state index is 11.6. The number of rotatable bonds is 4. The van der Waals surface area contributed by atoms with Crippen LogP contribution in [-0.4, -0.2) is 14.7 Å². The van der Waals surface area contributed by atoms with E-state index in [9.17, 15) is 8.42 Å². The Morgan fingerprint density at radius 1 is 1.10 bits per heavy atom. The number of anilines is 1. The molecule has 5 heteroatoms. The minimum absolute atomic E-state index is 0.335. The van der Waals surface area contributed by atoms with Gasteiger partial charge in [0.25, 0.3) is 0 Å². The third-order valence-corrected chi connectivity index (χ3v) is 4.67. The Bertz CT molecular complexity index is 709. The monoisotopic (exact) mass is 353 g/mol. The van der Waals surface area contributed by atoms with Crippen molar-refractivity contribution in [1.82, 2.24) is 0 Å². The van der Waals surface area contributed by atoms with Crippen molar-refractivity contribution < 1.29 is 8.42 Å². The van der Waals surface area contributed by atoms with Crippen molar-refractivity contribution in [2.45, 2.75) is 18.4 Å². The number of halogens is 1. The summed E-state index contributed by atoms with van der Waals surface area (Å²) in [7, 11) is -3.18. The fraction of sp³-hybridized carbons (Fsp3) is 0.200. The average molecular weight is 354 g/mol. The third-order valence-electron chi connectivity index (χ3n) is 3.03. The van der Waals surface area contributed by atoms with Gasteiger partial charge in [0.15, 0.2) is 9.84 Å². The summed E-state index contributed by atoms with van der Waals surface area (Å²) in [5.41, 5.74) is 3.00. The van der Waals surface area contributed by atoms with E-state index >= 15 is 0 Å². The molecule has 2 aromatic rings. The minimum Gasteiger partial charge on any atom is -0.381 e. The summed E-state index contributed by atoms with van der Waals surface area (Å²) >= 11 is 3.40. The van der Waals surface area contributed by atoms with Gasteiger partial charge < -0.3 is 5.32 Å². The second-order valence-corrected chi connectivity index (χ2v) is 7.66. The predicted octanol–water partition coefficient (Wildman–Crippen LogP) is 3.77. The summed E-state index contributed by atoms with van der Waals surface area (Å²) in [4.78, 5) is 0.335. The van der Waals surface area contributed by atoms with Crippen LogP contribution in [0.25, 0.3) is 0 Å². The van der Waals surface area contributed by atoms with Gasteiger partial charge in [-0.15, -0.1) is 0 Å². The third kappa shape index (κ3) is 3.84. The molecule has 0 amide bonds. The highest BCUT2D eigenvalue weighted by atomic mass is 79.9. The van der Waals surface area contributed by atoms with Gasteiger partial charge in [0.2, 0.25) is 0 Å². The Morgan fingerprint density at radius 2 is 1.75 bits per heavy atom. The number of sulfone groups is 1. The van der Waals surface area contributed by atoms with Crippen LogP contribution in [0.4, 0.5) is 5.69 Å². The zero-order chi connectivity index (χ0) is 14.8. The topological polar surface area (TPSA) is 46.2 Å². The van der Waals surface area contributed by atoms with Crippen LogP contribution in [0.2, 0.25) is 0 Å². The van der Waals surface area contributed by atoms with Crippen LogP contribution in [0.3, 0.4) is 0 Å². The fourth-order valence-electron chi connectivity index (χ4n) is 1.82. The van der Waals surface area contributed by atoms with Gasteiger partial charge in [-0.05, 0) is 42.3 Å². The van der Waals surface area contributed by atoms with E-state index in [1.165, 1.54) is 6.26 Å². The summed E-state index contributed by atoms with van der Waals surface area (Å²) in [5.74, 6) is 0. The highest BCUT2D eigenvalue weighted by Gasteiger charge is 2.09. The van der Waals surface area contributed by atoms with Crippen LogP contribution in [0.1, 0.15) is 11.1 Å². The molecule has 0 heterocycles. The van der Waals surface area contributed by atoms with E-state index in [1.54, 1.807) is 12.1 Å². The van der Waals surface area contributed by atoms with Gasteiger partial charge >= 0.3 is 0 Å². The molecule has 0 atom stereocenters. The lowest BCUT2D eigenvalue weighted by Gasteiger charge is -2.11. The maximum Gasteiger partial charge on any atom is 0.175 e. The van der Waals surface area contributed by atoms with Crippen LogP contribution in [0, 0.1) is 6.92 Å². The minimum atomic E-state index is -3.18. The van der Waals surface area contributed by atoms with E-state index < -0.39 is 9.84 Å². The Morgan fingerprint density at radius 3 is 2.35 bits per heavy atom. The van der Waals surface area contributed by atoms with Crippen molar-refractivity contribution in [1.29, 1.82) is 0 Å². The van der Waals surface area contributed by atoms with Crippen LogP contribution in [0.15, 0.2) is 51.8 Å². The fourth-order valence-corrected chi connectivity index (χ4v) is 2.73. The normalized spacial score (nSPS) is 11.3. The van der Waals surface area contributed by atoms with Crippen molar-refractivity contribution in [3.8, 4) is 0 Å². The Balaban J connectivity index is 2.19. The first kappa shape index (κ1) is 15.1. The highest BCUT2D eigenvalue weighted by molar-refractivity contribution is 9.10. The van der Waals surface area contributed by atoms with Crippen molar-refractivity contribution in [3.05, 3.63) is 58.1 Å². The van der Waals surface area contributed by atoms with Crippen molar-refractivity contribution in [2.75, 3.05) is 11.6 Å². The molecular weight excluding hydrogens is 338 g/mol. The summed E-state index contributed by atoms with van der Waals surface area (Å²) in [6.45, 7) is 2.61. The lowest BCUT2D eigenvalue weighted by molar-refractivity contribution is 0.602. The largest absolute Gasteiger partial charge is 0.381 e. The van der Waals surface area contributed by atoms with Gasteiger partial charge in [0.1, 0.15) is 0 Å². The molecule has 0 radical (unpaired) electrons. The zero-order valence-electron chi connectivity index (χ0n) is 11.4. The molecule has 0 saturated heterocycles. The molecule has 2 aromatic carbocycles. The molecule has 0 aliphatic carbocycles. The molecule has 1 N–H and O–H groups in total. The molecule has 0 aromatic heterocycles. The molecular formula is C15H16BrNO2S. The highest BCUT2D eigenvalue weighted by Crippen LogP contribution is 2.21. The lowest BCUT2D eigenvalue weighted by Crippen LogP contribution is -2.03. The van der Waals surface area contributed by atoms with Crippen molar-refractivity contribution >= 4 is 31.5 Å². The summed E-state index contributed by atoms with van der Waals surface area (Å²) in [6, 6.07) is 13.1. The van der Waals surface area contributed by atoms with Crippen molar-refractivity contribution in [2.24, 2.45) is 0 Å². The van der Waals surface area contributed by atoms with Gasteiger partial charge in [0, 0.05) is 23.0 Å². The van der Waals surface area contributed by atoms with E-state index in [0.717, 1.165) is 21.3 Å². The van der Waals surface area contributed by atoms with E-state index in [1.807, 2.05) is 37.3 Å². The molecule has 0 spiro atoms. The number of benzene rings is 2. The first-order chi connectivity index (χ1) is 9.36. The molecule has 0 unspecified atom stereocenters. The number of nitrogens with one attached hydrogen (secondary N) is 1. The van der Waals surface area contributed by atoms with Gasteiger partial charge in [-0.1, -0.05) is 34.1 Å². The average Bonchev–Trinajstić information content (AvgIpc) is 2.38. The van der Waals surface area contributed by atoms with Gasteiger partial charge in [-0.3, -0.25) is 0 Å². The standard InChI is InChI=1S/C15H16BrNO2S/c1-11-3-8-14(20(2,18)19)9-15(11)17-10-12-4-6-13(16)7-5-12/h3-9,17H,10H2,1-2H3. The lowest BCUT2D eigenvalue weighted by atomic mass is 10.2. The van der Waals surface area contributed by atoms with E-state index in [2.05, 4.69) is 21.2 Å². The van der Waals surface area contributed by atoms with E-state index in [0.29, 0.717) is 11.4 Å². The van der Waals surface area contributed by atoms with Crippen molar-refractivity contribution in [3.63, 3.8) is 0 Å². The molecule has 106 valence electrons. The first-order valence-electron chi connectivity index (χ1n) is 6.15. The number of hydrogen-bond acceptors (Lipinski definition) is 3. The Labute approximate surface area is 128 Å². The molecule has 2 rings (SSSR count). The van der Waals surface area contributed by atoms with Gasteiger partial charge in [-0.2, -0.15) is 0 Å². The summed E-state index contributed by atoms with van der Waals surface area (Å²) in [6.07, 6.45) is 1.22. The molecule has 0 bridgehead atoms. The number of hydrogen-bond donors (Lipinski definition) is 1. The molecule has 0 aliphatic rings. The summed E-state index contributed by atoms with van der Waals surface area (Å²) in [5, 5.41) is 3.28. The molecule has 20 heavy (non-hydrogen) atoms. The SMILES string of the molecule is Cc1ccc(S(C)(=O)=O)cc1NCc1ccc(Br)cc1. The quantitative estimate of drug-likeness (QED) is 0.909. The van der Waals surface area contributed by atoms with Crippen LogP contribution >= 0.6 is 15.9 Å². The second-order valence-electron chi connectivity index (χ2n) is 4.73. The number of aryl methyl sites for hydroxylation is 1. The first-order valence-corrected chi connectivity index (χ1v) is 8.84. The molecule has 0 fully saturated rings. The van der Waals surface area contributed by atoms with Gasteiger partial charge in [-0.25, -0.2) is 8.42 Å². The van der Waals surface area contributed by atoms with E-state index in [4.69, 9.17) is 0 Å². The molecule has 0 aliphatic heterocycles. The van der Waals surface area contributed by atoms with Crippen LogP contribution in [0.5, 0.6) is 0 Å². The Hall–Kier alpha value is -1.33. The predicted molar refractivity (Wildman–Crippen MR) is 85.8 cm³/mol. The zero-order valence-corrected chi connectivity index (χ0v) is 13.8. The second kappa shape index (κ2) is 5.97. The maximum atomic E-state index is 11.6. The molecule has 0 saturated carbocycles. The smallest absolute Gasteiger partial charge is 0.175 e. The van der Waals surface area contributed by atoms with Crippen LogP contribution < -0.4 is 5.32 Å². The van der Waals surface area contributed by atoms with Crippen LogP contribution in [-0.2, 0) is 16.4 Å². The molecule has 3 nitrogen and oxygen atoms in total. The Kier molecular flexibility index (Phi) is 4.50. The van der Waals surface area contributed by atoms with E-state index in [-0.39, 0.29) is 0 Å². The summed E-state index contributed by atoms with van der Waals surface area (Å²) < 4.78 is 24.2.